The smallest absolute Gasteiger partial charge is 0.274 e. The van der Waals surface area contributed by atoms with Gasteiger partial charge in [0.1, 0.15) is 22.9 Å². The Kier molecular flexibility index (Phi) is 6.20. The first-order valence-electron chi connectivity index (χ1n) is 11.7. The Balaban J connectivity index is 1.46. The number of amides is 1. The number of anilines is 3. The average Bonchev–Trinajstić information content (AvgIpc) is 3.46. The first-order chi connectivity index (χ1) is 16.5. The van der Waals surface area contributed by atoms with Gasteiger partial charge in [0, 0.05) is 25.4 Å². The largest absolute Gasteiger partial charge is 0.388 e. The van der Waals surface area contributed by atoms with Crippen LogP contribution in [0.15, 0.2) is 35.4 Å². The third kappa shape index (κ3) is 4.24. The second-order valence-electron chi connectivity index (χ2n) is 8.81. The molecular weight excluding hydrogens is 438 g/mol. The van der Waals surface area contributed by atoms with Gasteiger partial charge in [-0.05, 0) is 25.0 Å². The number of aromatic nitrogens is 4. The SMILES string of the molecule is CNc1cc(Nc2cccn(C3CCCCC3)c2=O)nc2c(C(=O)NC3COC[C@@H]3O)cnn12. The van der Waals surface area contributed by atoms with E-state index in [-0.39, 0.29) is 30.4 Å². The van der Waals surface area contributed by atoms with Gasteiger partial charge in [-0.25, -0.2) is 4.98 Å². The summed E-state index contributed by atoms with van der Waals surface area (Å²) in [6.07, 6.45) is 8.02. The number of nitrogens with zero attached hydrogens (tertiary/aromatic N) is 4. The van der Waals surface area contributed by atoms with Crippen molar-refractivity contribution in [1.82, 2.24) is 24.5 Å². The number of carbonyl (C=O) groups excluding carboxylic acids is 1. The van der Waals surface area contributed by atoms with Crippen molar-refractivity contribution >= 4 is 28.9 Å². The zero-order valence-corrected chi connectivity index (χ0v) is 19.0. The molecule has 2 atom stereocenters. The maximum atomic E-state index is 13.2. The van der Waals surface area contributed by atoms with Crippen molar-refractivity contribution in [2.75, 3.05) is 30.9 Å². The highest BCUT2D eigenvalue weighted by atomic mass is 16.5. The Bertz CT molecular complexity index is 1250. The molecule has 34 heavy (non-hydrogen) atoms. The Hall–Kier alpha value is -3.44. The van der Waals surface area contributed by atoms with Crippen molar-refractivity contribution in [3.8, 4) is 0 Å². The summed E-state index contributed by atoms with van der Waals surface area (Å²) in [5.41, 5.74) is 0.906. The normalized spacial score (nSPS) is 21.0. The van der Waals surface area contributed by atoms with Crippen LogP contribution in [-0.4, -0.2) is 62.6 Å². The molecule has 0 aromatic carbocycles. The first-order valence-corrected chi connectivity index (χ1v) is 11.7. The van der Waals surface area contributed by atoms with E-state index in [4.69, 9.17) is 4.74 Å². The highest BCUT2D eigenvalue weighted by molar-refractivity contribution is 6.00. The Morgan fingerprint density at radius 1 is 1.24 bits per heavy atom. The second kappa shape index (κ2) is 9.43. The summed E-state index contributed by atoms with van der Waals surface area (Å²) < 4.78 is 8.54. The standard InChI is InChI=1S/C23H29N7O4/c1-24-20-10-19(26-16-8-5-9-29(23(16)33)14-6-3-2-4-7-14)28-21-15(11-25-30(20)21)22(32)27-17-12-34-13-18(17)31/h5,8-11,14,17-18,24,31H,2-4,6-7,12-13H2,1H3,(H,26,28)(H,27,32)/t17?,18-/m0/s1. The number of hydrogen-bond donors (Lipinski definition) is 4. The van der Waals surface area contributed by atoms with Gasteiger partial charge >= 0.3 is 0 Å². The number of ether oxygens (including phenoxy) is 1. The molecule has 4 heterocycles. The van der Waals surface area contributed by atoms with Gasteiger partial charge in [0.15, 0.2) is 5.65 Å². The van der Waals surface area contributed by atoms with Crippen LogP contribution in [0.5, 0.6) is 0 Å². The number of aliphatic hydroxyl groups excluding tert-OH is 1. The molecule has 5 rings (SSSR count). The molecule has 3 aromatic heterocycles. The van der Waals surface area contributed by atoms with Gasteiger partial charge in [0.25, 0.3) is 11.5 Å². The summed E-state index contributed by atoms with van der Waals surface area (Å²) in [4.78, 5) is 30.7. The molecular formula is C23H29N7O4. The van der Waals surface area contributed by atoms with Crippen LogP contribution < -0.4 is 21.5 Å². The minimum atomic E-state index is -0.756. The summed E-state index contributed by atoms with van der Waals surface area (Å²) in [7, 11) is 1.74. The number of nitrogens with one attached hydrogen (secondary N) is 3. The third-order valence-electron chi connectivity index (χ3n) is 6.54. The molecule has 0 bridgehead atoms. The number of carbonyl (C=O) groups is 1. The predicted octanol–water partition coefficient (Wildman–Crippen LogP) is 1.67. The van der Waals surface area contributed by atoms with Gasteiger partial charge in [-0.2, -0.15) is 9.61 Å². The van der Waals surface area contributed by atoms with Crippen molar-refractivity contribution in [2.24, 2.45) is 0 Å². The van der Waals surface area contributed by atoms with Gasteiger partial charge in [0.2, 0.25) is 0 Å². The molecule has 3 aromatic rings. The van der Waals surface area contributed by atoms with E-state index < -0.39 is 18.1 Å². The lowest BCUT2D eigenvalue weighted by molar-refractivity contribution is 0.0888. The third-order valence-corrected chi connectivity index (χ3v) is 6.54. The molecule has 2 aliphatic rings. The molecule has 11 nitrogen and oxygen atoms in total. The van der Waals surface area contributed by atoms with E-state index in [9.17, 15) is 14.7 Å². The Labute approximate surface area is 196 Å². The fourth-order valence-corrected chi connectivity index (χ4v) is 4.68. The van der Waals surface area contributed by atoms with E-state index in [0.717, 1.165) is 25.7 Å². The zero-order valence-electron chi connectivity index (χ0n) is 19.0. The number of rotatable bonds is 6. The van der Waals surface area contributed by atoms with Gasteiger partial charge < -0.3 is 30.4 Å². The first kappa shape index (κ1) is 22.4. The highest BCUT2D eigenvalue weighted by Gasteiger charge is 2.29. The second-order valence-corrected chi connectivity index (χ2v) is 8.81. The van der Waals surface area contributed by atoms with E-state index in [2.05, 4.69) is 26.0 Å². The Morgan fingerprint density at radius 3 is 2.79 bits per heavy atom. The minimum Gasteiger partial charge on any atom is -0.388 e. The summed E-state index contributed by atoms with van der Waals surface area (Å²) in [6, 6.07) is 5.05. The van der Waals surface area contributed by atoms with E-state index in [1.54, 1.807) is 19.2 Å². The summed E-state index contributed by atoms with van der Waals surface area (Å²) >= 11 is 0. The van der Waals surface area contributed by atoms with E-state index >= 15 is 0 Å². The van der Waals surface area contributed by atoms with Crippen LogP contribution in [0.1, 0.15) is 48.5 Å². The molecule has 180 valence electrons. The molecule has 0 spiro atoms. The van der Waals surface area contributed by atoms with Gasteiger partial charge in [-0.1, -0.05) is 19.3 Å². The summed E-state index contributed by atoms with van der Waals surface area (Å²) in [5.74, 6) is 0.601. The maximum absolute atomic E-state index is 13.2. The van der Waals surface area contributed by atoms with Crippen molar-refractivity contribution in [1.29, 1.82) is 0 Å². The van der Waals surface area contributed by atoms with Crippen LogP contribution in [0.25, 0.3) is 5.65 Å². The van der Waals surface area contributed by atoms with Crippen molar-refractivity contribution in [3.05, 3.63) is 46.5 Å². The number of pyridine rings is 1. The Morgan fingerprint density at radius 2 is 2.06 bits per heavy atom. The van der Waals surface area contributed by atoms with Crippen LogP contribution in [0, 0.1) is 0 Å². The molecule has 11 heteroatoms. The number of aliphatic hydroxyl groups is 1. The zero-order chi connectivity index (χ0) is 23.7. The lowest BCUT2D eigenvalue weighted by atomic mass is 9.95. The maximum Gasteiger partial charge on any atom is 0.274 e. The van der Waals surface area contributed by atoms with Gasteiger partial charge in [-0.15, -0.1) is 0 Å². The van der Waals surface area contributed by atoms with Crippen LogP contribution >= 0.6 is 0 Å². The molecule has 2 fully saturated rings. The minimum absolute atomic E-state index is 0.0937. The lowest BCUT2D eigenvalue weighted by Crippen LogP contribution is -2.42. The molecule has 1 unspecified atom stereocenters. The lowest BCUT2D eigenvalue weighted by Gasteiger charge is -2.24. The molecule has 1 saturated heterocycles. The van der Waals surface area contributed by atoms with Crippen molar-refractivity contribution in [3.63, 3.8) is 0 Å². The molecule has 4 N–H and O–H groups in total. The number of fused-ring (bicyclic) bond motifs is 1. The van der Waals surface area contributed by atoms with Crippen LogP contribution in [0.4, 0.5) is 17.3 Å². The predicted molar refractivity (Wildman–Crippen MR) is 127 cm³/mol. The van der Waals surface area contributed by atoms with Crippen molar-refractivity contribution < 1.29 is 14.6 Å². The van der Waals surface area contributed by atoms with E-state index in [0.29, 0.717) is 23.0 Å². The van der Waals surface area contributed by atoms with Crippen molar-refractivity contribution in [2.45, 2.75) is 50.3 Å². The quantitative estimate of drug-likeness (QED) is 0.430. The number of hydrogen-bond acceptors (Lipinski definition) is 8. The van der Waals surface area contributed by atoms with Crippen LogP contribution in [0.2, 0.25) is 0 Å². The monoisotopic (exact) mass is 467 g/mol. The molecule has 1 aliphatic heterocycles. The topological polar surface area (TPSA) is 135 Å². The summed E-state index contributed by atoms with van der Waals surface area (Å²) in [6.45, 7) is 0.431. The molecule has 1 aliphatic carbocycles. The van der Waals surface area contributed by atoms with Crippen LogP contribution in [-0.2, 0) is 4.74 Å². The average molecular weight is 468 g/mol. The van der Waals surface area contributed by atoms with Gasteiger partial charge in [-0.3, -0.25) is 9.59 Å². The fraction of sp³-hybridized carbons (Fsp3) is 0.478. The summed E-state index contributed by atoms with van der Waals surface area (Å²) in [5, 5.41) is 23.2. The fourth-order valence-electron chi connectivity index (χ4n) is 4.68. The molecule has 1 amide bonds. The van der Waals surface area contributed by atoms with E-state index in [1.165, 1.54) is 17.1 Å². The van der Waals surface area contributed by atoms with E-state index in [1.807, 2.05) is 16.8 Å². The van der Waals surface area contributed by atoms with Crippen LogP contribution in [0.3, 0.4) is 0 Å². The molecule has 0 radical (unpaired) electrons. The highest BCUT2D eigenvalue weighted by Crippen LogP contribution is 2.27. The molecule has 1 saturated carbocycles. The van der Waals surface area contributed by atoms with Gasteiger partial charge in [0.05, 0.1) is 31.6 Å².